The van der Waals surface area contributed by atoms with Crippen molar-refractivity contribution in [1.29, 1.82) is 5.26 Å². The topological polar surface area (TPSA) is 56.0 Å². The summed E-state index contributed by atoms with van der Waals surface area (Å²) in [6.45, 7) is 1.73. The highest BCUT2D eigenvalue weighted by atomic mass is 19.1. The van der Waals surface area contributed by atoms with Gasteiger partial charge in [-0.3, -0.25) is 0 Å². The fourth-order valence-corrected chi connectivity index (χ4v) is 2.17. The largest absolute Gasteiger partial charge is 0.396 e. The smallest absolute Gasteiger partial charge is 0.140 e. The van der Waals surface area contributed by atoms with Crippen LogP contribution in [0.5, 0.6) is 0 Å². The molecule has 2 rings (SSSR count). The van der Waals surface area contributed by atoms with Crippen LogP contribution in [0.15, 0.2) is 18.2 Å². The zero-order valence-corrected chi connectivity index (χ0v) is 10.2. The van der Waals surface area contributed by atoms with Gasteiger partial charge in [0.25, 0.3) is 0 Å². The summed E-state index contributed by atoms with van der Waals surface area (Å²) < 4.78 is 13.1. The van der Waals surface area contributed by atoms with Gasteiger partial charge in [-0.2, -0.15) is 5.26 Å². The third-order valence-corrected chi connectivity index (χ3v) is 3.58. The Labute approximate surface area is 106 Å². The minimum Gasteiger partial charge on any atom is -0.396 e. The second-order valence-electron chi connectivity index (χ2n) is 5.00. The van der Waals surface area contributed by atoms with Gasteiger partial charge >= 0.3 is 0 Å². The van der Waals surface area contributed by atoms with E-state index in [-0.39, 0.29) is 17.6 Å². The Bertz CT molecular complexity index is 463. The van der Waals surface area contributed by atoms with Gasteiger partial charge in [0.2, 0.25) is 0 Å². The van der Waals surface area contributed by atoms with Crippen molar-refractivity contribution in [2.45, 2.75) is 25.8 Å². The lowest BCUT2D eigenvalue weighted by atomic mass is 10.0. The number of hydrogen-bond donors (Lipinski definition) is 2. The van der Waals surface area contributed by atoms with Crippen molar-refractivity contribution in [2.24, 2.45) is 5.41 Å². The van der Waals surface area contributed by atoms with Crippen LogP contribution in [0.25, 0.3) is 0 Å². The Morgan fingerprint density at radius 1 is 1.44 bits per heavy atom. The van der Waals surface area contributed by atoms with E-state index in [2.05, 4.69) is 5.32 Å². The number of halogens is 1. The minimum absolute atomic E-state index is 0.0887. The molecule has 0 heterocycles. The van der Waals surface area contributed by atoms with Gasteiger partial charge in [-0.25, -0.2) is 4.39 Å². The van der Waals surface area contributed by atoms with E-state index in [9.17, 15) is 4.39 Å². The number of nitriles is 1. The number of nitrogens with one attached hydrogen (secondary N) is 1. The number of aliphatic hydroxyl groups is 1. The highest BCUT2D eigenvalue weighted by Crippen LogP contribution is 2.47. The van der Waals surface area contributed by atoms with Crippen LogP contribution in [0.1, 0.15) is 30.4 Å². The van der Waals surface area contributed by atoms with Gasteiger partial charge in [-0.15, -0.1) is 0 Å². The van der Waals surface area contributed by atoms with Gasteiger partial charge in [0.1, 0.15) is 11.9 Å². The summed E-state index contributed by atoms with van der Waals surface area (Å²) >= 11 is 0. The first-order valence-electron chi connectivity index (χ1n) is 6.19. The summed E-state index contributed by atoms with van der Waals surface area (Å²) in [5.41, 5.74) is 1.27. The first-order valence-corrected chi connectivity index (χ1v) is 6.19. The molecule has 2 N–H and O–H groups in total. The molecule has 4 heteroatoms. The summed E-state index contributed by atoms with van der Waals surface area (Å²) in [5.74, 6) is -0.472. The van der Waals surface area contributed by atoms with Gasteiger partial charge < -0.3 is 10.4 Å². The number of rotatable bonds is 6. The summed E-state index contributed by atoms with van der Waals surface area (Å²) in [4.78, 5) is 0. The quantitative estimate of drug-likeness (QED) is 0.809. The van der Waals surface area contributed by atoms with E-state index in [4.69, 9.17) is 10.4 Å². The van der Waals surface area contributed by atoms with Crippen LogP contribution in [0.4, 0.5) is 4.39 Å². The van der Waals surface area contributed by atoms with E-state index >= 15 is 0 Å². The minimum atomic E-state index is -0.472. The van der Waals surface area contributed by atoms with Crippen LogP contribution in [0.2, 0.25) is 0 Å². The van der Waals surface area contributed by atoms with Crippen LogP contribution in [0, 0.1) is 22.6 Å². The molecule has 1 fully saturated rings. The zero-order chi connectivity index (χ0) is 13.0. The first-order chi connectivity index (χ1) is 8.69. The molecule has 0 aromatic heterocycles. The van der Waals surface area contributed by atoms with Gasteiger partial charge in [-0.05, 0) is 42.4 Å². The molecule has 1 aromatic carbocycles. The lowest BCUT2D eigenvalue weighted by Gasteiger charge is -2.14. The molecular formula is C14H17FN2O. The molecule has 0 spiro atoms. The molecular weight excluding hydrogens is 231 g/mol. The zero-order valence-electron chi connectivity index (χ0n) is 10.2. The lowest BCUT2D eigenvalue weighted by Crippen LogP contribution is -2.24. The molecule has 0 amide bonds. The molecule has 0 unspecified atom stereocenters. The average molecular weight is 248 g/mol. The van der Waals surface area contributed by atoms with Crippen molar-refractivity contribution in [3.8, 4) is 6.07 Å². The standard InChI is InChI=1S/C14H17FN2O/c15-13-2-1-11(7-12(13)8-16)9-17-10-14(3-4-14)5-6-18/h1-2,7,17-18H,3-6,9-10H2. The van der Waals surface area contributed by atoms with Crippen LogP contribution in [0.3, 0.4) is 0 Å². The third-order valence-electron chi connectivity index (χ3n) is 3.58. The molecule has 1 aliphatic rings. The Balaban J connectivity index is 1.86. The molecule has 0 saturated heterocycles. The van der Waals surface area contributed by atoms with Crippen LogP contribution in [-0.4, -0.2) is 18.3 Å². The van der Waals surface area contributed by atoms with Crippen LogP contribution >= 0.6 is 0 Å². The predicted octanol–water partition coefficient (Wildman–Crippen LogP) is 1.95. The number of nitrogens with zero attached hydrogens (tertiary/aromatic N) is 1. The van der Waals surface area contributed by atoms with Crippen LogP contribution in [-0.2, 0) is 6.54 Å². The van der Waals surface area contributed by atoms with Gasteiger partial charge in [0, 0.05) is 19.7 Å². The highest BCUT2D eigenvalue weighted by molar-refractivity contribution is 5.34. The van der Waals surface area contributed by atoms with Gasteiger partial charge in [0.05, 0.1) is 5.56 Å². The number of hydrogen-bond acceptors (Lipinski definition) is 3. The Morgan fingerprint density at radius 3 is 2.83 bits per heavy atom. The van der Waals surface area contributed by atoms with Crippen LogP contribution < -0.4 is 5.32 Å². The van der Waals surface area contributed by atoms with Crippen molar-refractivity contribution < 1.29 is 9.50 Å². The van der Waals surface area contributed by atoms with E-state index in [1.165, 1.54) is 6.07 Å². The molecule has 0 radical (unpaired) electrons. The molecule has 18 heavy (non-hydrogen) atoms. The van der Waals surface area contributed by atoms with Gasteiger partial charge in [0.15, 0.2) is 0 Å². The third kappa shape index (κ3) is 3.06. The molecule has 1 saturated carbocycles. The Kier molecular flexibility index (Phi) is 3.95. The van der Waals surface area contributed by atoms with Crippen molar-refractivity contribution in [2.75, 3.05) is 13.2 Å². The molecule has 3 nitrogen and oxygen atoms in total. The maximum Gasteiger partial charge on any atom is 0.140 e. The predicted molar refractivity (Wildman–Crippen MR) is 66.2 cm³/mol. The van der Waals surface area contributed by atoms with E-state index in [0.717, 1.165) is 31.4 Å². The maximum atomic E-state index is 13.1. The summed E-state index contributed by atoms with van der Waals surface area (Å²) in [5, 5.41) is 21.0. The molecule has 1 aromatic rings. The molecule has 1 aliphatic carbocycles. The summed E-state index contributed by atoms with van der Waals surface area (Å²) in [7, 11) is 0. The van der Waals surface area contributed by atoms with Crippen molar-refractivity contribution >= 4 is 0 Å². The summed E-state index contributed by atoms with van der Waals surface area (Å²) in [6, 6.07) is 6.44. The number of benzene rings is 1. The fraction of sp³-hybridized carbons (Fsp3) is 0.500. The second kappa shape index (κ2) is 5.47. The van der Waals surface area contributed by atoms with E-state index < -0.39 is 5.82 Å². The SMILES string of the molecule is N#Cc1cc(CNCC2(CCO)CC2)ccc1F. The highest BCUT2D eigenvalue weighted by Gasteiger charge is 2.41. The number of aliphatic hydroxyl groups excluding tert-OH is 1. The van der Waals surface area contributed by atoms with E-state index in [1.54, 1.807) is 12.1 Å². The average Bonchev–Trinajstić information content (AvgIpc) is 3.12. The lowest BCUT2D eigenvalue weighted by molar-refractivity contribution is 0.245. The molecule has 0 atom stereocenters. The normalized spacial score (nSPS) is 16.3. The summed E-state index contributed by atoms with van der Waals surface area (Å²) in [6.07, 6.45) is 3.16. The monoisotopic (exact) mass is 248 g/mol. The first kappa shape index (κ1) is 13.0. The molecule has 0 bridgehead atoms. The molecule has 96 valence electrons. The maximum absolute atomic E-state index is 13.1. The van der Waals surface area contributed by atoms with Crippen molar-refractivity contribution in [3.05, 3.63) is 35.1 Å². The van der Waals surface area contributed by atoms with E-state index in [0.29, 0.717) is 6.54 Å². The fourth-order valence-electron chi connectivity index (χ4n) is 2.17. The van der Waals surface area contributed by atoms with Crippen molar-refractivity contribution in [1.82, 2.24) is 5.32 Å². The Hall–Kier alpha value is -1.44. The Morgan fingerprint density at radius 2 is 2.22 bits per heavy atom. The second-order valence-corrected chi connectivity index (χ2v) is 5.00. The van der Waals surface area contributed by atoms with E-state index in [1.807, 2.05) is 6.07 Å². The van der Waals surface area contributed by atoms with Gasteiger partial charge in [-0.1, -0.05) is 6.07 Å². The molecule has 0 aliphatic heterocycles. The van der Waals surface area contributed by atoms with Crippen molar-refractivity contribution in [3.63, 3.8) is 0 Å².